The molecule has 4 nitrogen and oxygen atoms in total. The lowest BCUT2D eigenvalue weighted by molar-refractivity contribution is 0.476. The Morgan fingerprint density at radius 3 is 2.50 bits per heavy atom. The Bertz CT molecular complexity index is 767. The minimum atomic E-state index is -4.09. The summed E-state index contributed by atoms with van der Waals surface area (Å²) in [7, 11) is -4.09. The summed E-state index contributed by atoms with van der Waals surface area (Å²) in [6, 6.07) is 7.42. The predicted octanol–water partition coefficient (Wildman–Crippen LogP) is 3.75. The highest BCUT2D eigenvalue weighted by molar-refractivity contribution is 9.10. The van der Waals surface area contributed by atoms with Gasteiger partial charge >= 0.3 is 0 Å². The summed E-state index contributed by atoms with van der Waals surface area (Å²) < 4.78 is 40.4. The second-order valence-electron chi connectivity index (χ2n) is 3.85. The Hall–Kier alpha value is -1.31. The molecule has 0 aliphatic heterocycles. The second kappa shape index (κ2) is 5.59. The van der Waals surface area contributed by atoms with E-state index >= 15 is 0 Å². The Labute approximate surface area is 128 Å². The second-order valence-corrected chi connectivity index (χ2v) is 6.82. The van der Waals surface area contributed by atoms with Crippen molar-refractivity contribution in [1.82, 2.24) is 0 Å². The van der Waals surface area contributed by atoms with Gasteiger partial charge in [-0.3, -0.25) is 4.72 Å². The van der Waals surface area contributed by atoms with Gasteiger partial charge in [-0.1, -0.05) is 27.5 Å². The first-order valence-electron chi connectivity index (χ1n) is 5.26. The van der Waals surface area contributed by atoms with Gasteiger partial charge < -0.3 is 5.11 Å². The fourth-order valence-electron chi connectivity index (χ4n) is 1.48. The van der Waals surface area contributed by atoms with Crippen LogP contribution in [0.15, 0.2) is 45.8 Å². The molecule has 0 heterocycles. The van der Waals surface area contributed by atoms with Crippen LogP contribution in [0.1, 0.15) is 0 Å². The van der Waals surface area contributed by atoms with Gasteiger partial charge in [-0.25, -0.2) is 12.8 Å². The molecule has 0 saturated heterocycles. The molecule has 8 heteroatoms. The lowest BCUT2D eigenvalue weighted by atomic mass is 10.3. The lowest BCUT2D eigenvalue weighted by Gasteiger charge is -2.09. The molecule has 2 aromatic rings. The lowest BCUT2D eigenvalue weighted by Crippen LogP contribution is -2.14. The summed E-state index contributed by atoms with van der Waals surface area (Å²) in [5.74, 6) is -1.16. The highest BCUT2D eigenvalue weighted by atomic mass is 79.9. The van der Waals surface area contributed by atoms with Crippen LogP contribution in [0.4, 0.5) is 10.1 Å². The Morgan fingerprint density at radius 1 is 1.20 bits per heavy atom. The summed E-state index contributed by atoms with van der Waals surface area (Å²) in [6.07, 6.45) is 0. The first-order valence-corrected chi connectivity index (χ1v) is 7.91. The van der Waals surface area contributed by atoms with Crippen LogP contribution in [0.25, 0.3) is 0 Å². The van der Waals surface area contributed by atoms with Crippen LogP contribution in [0.2, 0.25) is 5.02 Å². The third kappa shape index (κ3) is 3.23. The van der Waals surface area contributed by atoms with E-state index in [0.29, 0.717) is 4.47 Å². The van der Waals surface area contributed by atoms with Gasteiger partial charge in [0.05, 0.1) is 10.7 Å². The van der Waals surface area contributed by atoms with Gasteiger partial charge in [0.25, 0.3) is 10.0 Å². The van der Waals surface area contributed by atoms with E-state index in [2.05, 4.69) is 20.7 Å². The fourth-order valence-corrected chi connectivity index (χ4v) is 3.04. The van der Waals surface area contributed by atoms with Crippen molar-refractivity contribution in [2.45, 2.75) is 4.90 Å². The van der Waals surface area contributed by atoms with Crippen molar-refractivity contribution < 1.29 is 17.9 Å². The van der Waals surface area contributed by atoms with Crippen LogP contribution >= 0.6 is 27.5 Å². The first kappa shape index (κ1) is 15.1. The fraction of sp³-hybridized carbons (Fsp3) is 0. The van der Waals surface area contributed by atoms with Gasteiger partial charge in [0.15, 0.2) is 0 Å². The van der Waals surface area contributed by atoms with E-state index in [0.717, 1.165) is 18.2 Å². The number of hydrogen-bond acceptors (Lipinski definition) is 3. The molecule has 2 aromatic carbocycles. The van der Waals surface area contributed by atoms with Crippen LogP contribution in [-0.2, 0) is 10.0 Å². The third-order valence-corrected chi connectivity index (χ3v) is 4.61. The van der Waals surface area contributed by atoms with Gasteiger partial charge in [-0.15, -0.1) is 0 Å². The van der Waals surface area contributed by atoms with E-state index in [9.17, 15) is 17.9 Å². The first-order chi connectivity index (χ1) is 9.29. The molecule has 0 aromatic heterocycles. The molecule has 0 fully saturated rings. The normalized spacial score (nSPS) is 11.3. The molecular formula is C12H8BrClFNO3S. The number of sulfonamides is 1. The molecule has 20 heavy (non-hydrogen) atoms. The van der Waals surface area contributed by atoms with E-state index in [1.807, 2.05) is 0 Å². The number of halogens is 3. The van der Waals surface area contributed by atoms with Crippen molar-refractivity contribution >= 4 is 43.2 Å². The van der Waals surface area contributed by atoms with Crippen LogP contribution < -0.4 is 4.72 Å². The van der Waals surface area contributed by atoms with Crippen molar-refractivity contribution in [3.8, 4) is 5.75 Å². The molecule has 0 radical (unpaired) electrons. The summed E-state index contributed by atoms with van der Waals surface area (Å²) in [6.45, 7) is 0. The molecule has 106 valence electrons. The molecule has 2 N–H and O–H groups in total. The monoisotopic (exact) mass is 379 g/mol. The highest BCUT2D eigenvalue weighted by Crippen LogP contribution is 2.28. The number of benzene rings is 2. The van der Waals surface area contributed by atoms with E-state index in [4.69, 9.17) is 11.6 Å². The van der Waals surface area contributed by atoms with Crippen LogP contribution in [0.3, 0.4) is 0 Å². The number of rotatable bonds is 3. The average molecular weight is 381 g/mol. The van der Waals surface area contributed by atoms with Crippen LogP contribution in [-0.4, -0.2) is 13.5 Å². The van der Waals surface area contributed by atoms with Crippen molar-refractivity contribution in [2.75, 3.05) is 4.72 Å². The summed E-state index contributed by atoms with van der Waals surface area (Å²) in [4.78, 5) is -0.491. The number of anilines is 1. The Kier molecular flexibility index (Phi) is 4.22. The Morgan fingerprint density at radius 2 is 1.90 bits per heavy atom. The maximum absolute atomic E-state index is 13.7. The highest BCUT2D eigenvalue weighted by Gasteiger charge is 2.19. The number of phenols is 1. The van der Waals surface area contributed by atoms with E-state index in [-0.39, 0.29) is 16.5 Å². The minimum Gasteiger partial charge on any atom is -0.506 e. The number of hydrogen-bond donors (Lipinski definition) is 2. The summed E-state index contributed by atoms with van der Waals surface area (Å²) in [5, 5.41) is 9.50. The third-order valence-electron chi connectivity index (χ3n) is 2.38. The van der Waals surface area contributed by atoms with Gasteiger partial charge in [0.1, 0.15) is 16.5 Å². The zero-order valence-electron chi connectivity index (χ0n) is 9.77. The summed E-state index contributed by atoms with van der Waals surface area (Å²) >= 11 is 8.66. The van der Waals surface area contributed by atoms with E-state index in [1.165, 1.54) is 18.2 Å². The molecule has 0 unspecified atom stereocenters. The zero-order valence-corrected chi connectivity index (χ0v) is 12.9. The topological polar surface area (TPSA) is 66.4 Å². The number of nitrogens with one attached hydrogen (secondary N) is 1. The Balaban J connectivity index is 2.38. The standard InChI is InChI=1S/C12H8BrClFNO3S/c13-7-1-4-12(10(15)5-7)20(18,19)16-8-2-3-9(14)11(17)6-8/h1-6,16-17H. The zero-order chi connectivity index (χ0) is 14.9. The number of aromatic hydroxyl groups is 1. The SMILES string of the molecule is O=S(=O)(Nc1ccc(Cl)c(O)c1)c1ccc(Br)cc1F. The van der Waals surface area contributed by atoms with Gasteiger partial charge in [0, 0.05) is 10.5 Å². The predicted molar refractivity (Wildman–Crippen MR) is 78.0 cm³/mol. The largest absolute Gasteiger partial charge is 0.506 e. The van der Waals surface area contributed by atoms with Crippen LogP contribution in [0, 0.1) is 5.82 Å². The molecular weight excluding hydrogens is 373 g/mol. The van der Waals surface area contributed by atoms with Crippen molar-refractivity contribution in [2.24, 2.45) is 0 Å². The quantitative estimate of drug-likeness (QED) is 0.852. The van der Waals surface area contributed by atoms with Gasteiger partial charge in [0.2, 0.25) is 0 Å². The molecule has 0 aliphatic rings. The molecule has 0 atom stereocenters. The maximum Gasteiger partial charge on any atom is 0.264 e. The van der Waals surface area contributed by atoms with Crippen molar-refractivity contribution in [1.29, 1.82) is 0 Å². The van der Waals surface area contributed by atoms with Crippen LogP contribution in [0.5, 0.6) is 5.75 Å². The molecule has 0 aliphatic carbocycles. The molecule has 0 amide bonds. The molecule has 0 bridgehead atoms. The van der Waals surface area contributed by atoms with Crippen molar-refractivity contribution in [3.05, 3.63) is 51.7 Å². The minimum absolute atomic E-state index is 0.0780. The maximum atomic E-state index is 13.7. The average Bonchev–Trinajstić information content (AvgIpc) is 2.33. The van der Waals surface area contributed by atoms with E-state index < -0.39 is 20.7 Å². The van der Waals surface area contributed by atoms with Gasteiger partial charge in [-0.2, -0.15) is 0 Å². The number of phenolic OH excluding ortho intramolecular Hbond substituents is 1. The van der Waals surface area contributed by atoms with Crippen molar-refractivity contribution in [3.63, 3.8) is 0 Å². The molecule has 0 spiro atoms. The summed E-state index contributed by atoms with van der Waals surface area (Å²) in [5.41, 5.74) is 0.0780. The van der Waals surface area contributed by atoms with Gasteiger partial charge in [-0.05, 0) is 30.3 Å². The smallest absolute Gasteiger partial charge is 0.264 e. The van der Waals surface area contributed by atoms with E-state index in [1.54, 1.807) is 0 Å². The molecule has 2 rings (SSSR count). The molecule has 0 saturated carbocycles.